The zero-order chi connectivity index (χ0) is 6.69. The van der Waals surface area contributed by atoms with Gasteiger partial charge in [0.2, 0.25) is 0 Å². The van der Waals surface area contributed by atoms with E-state index in [1.807, 2.05) is 13.2 Å². The third kappa shape index (κ3) is 3.14. The van der Waals surface area contributed by atoms with Crippen LogP contribution in [0.4, 0.5) is 0 Å². The first-order chi connectivity index (χ1) is 4.33. The Morgan fingerprint density at radius 3 is 2.70 bits per heavy atom. The van der Waals surface area contributed by atoms with Crippen molar-refractivity contribution in [3.63, 3.8) is 0 Å². The molecule has 0 saturated carbocycles. The Labute approximate surface area is 92.0 Å². The van der Waals surface area contributed by atoms with E-state index in [1.54, 1.807) is 0 Å². The van der Waals surface area contributed by atoms with Gasteiger partial charge >= 0.3 is 0 Å². The molecule has 1 rings (SSSR count). The molecule has 0 bridgehead atoms. The highest BCUT2D eigenvalue weighted by Crippen LogP contribution is 2.00. The van der Waals surface area contributed by atoms with Crippen LogP contribution >= 0.6 is 22.6 Å². The van der Waals surface area contributed by atoms with Crippen molar-refractivity contribution < 1.29 is 28.5 Å². The van der Waals surface area contributed by atoms with Gasteiger partial charge in [0, 0.05) is 16.1 Å². The summed E-state index contributed by atoms with van der Waals surface area (Å²) in [4.78, 5) is 0. The number of nitrogens with zero attached hydrogens (tertiary/aromatic N) is 1. The molecule has 3 heteroatoms. The number of aryl methyl sites for hydroxylation is 1. The maximum Gasteiger partial charge on any atom is 0.172 e. The number of hydrogen-bond acceptors (Lipinski definition) is 0. The van der Waals surface area contributed by atoms with E-state index in [4.69, 9.17) is 0 Å². The molecular weight excluding hydrogens is 352 g/mol. The average molecular weight is 361 g/mol. The Hall–Kier alpha value is 0.610. The van der Waals surface area contributed by atoms with Crippen LogP contribution in [0.3, 0.4) is 0 Å². The summed E-state index contributed by atoms with van der Waals surface area (Å²) in [5, 5.41) is 0. The molecule has 0 N–H and O–H groups in total. The molecule has 0 atom stereocenters. The summed E-state index contributed by atoms with van der Waals surface area (Å²) in [6.45, 7) is 0. The Morgan fingerprint density at radius 1 is 1.60 bits per heavy atom. The van der Waals surface area contributed by atoms with Crippen molar-refractivity contribution in [3.8, 4) is 0 Å². The summed E-state index contributed by atoms with van der Waals surface area (Å²) in [6, 6.07) is 4.19. The Bertz CT molecular complexity index is 201. The number of halogens is 2. The fourth-order valence-electron chi connectivity index (χ4n) is 0.729. The van der Waals surface area contributed by atoms with Crippen LogP contribution in [0.15, 0.2) is 24.5 Å². The molecular formula is C7H9I2N. The topological polar surface area (TPSA) is 3.88 Å². The van der Waals surface area contributed by atoms with Gasteiger partial charge in [-0.15, -0.1) is 0 Å². The molecule has 10 heavy (non-hydrogen) atoms. The van der Waals surface area contributed by atoms with Gasteiger partial charge in [0.25, 0.3) is 0 Å². The number of alkyl halides is 1. The predicted molar refractivity (Wildman–Crippen MR) is 45.3 cm³/mol. The van der Waals surface area contributed by atoms with Gasteiger partial charge in [-0.3, -0.25) is 0 Å². The summed E-state index contributed by atoms with van der Waals surface area (Å²) in [5.74, 6) is 0. The molecule has 0 radical (unpaired) electrons. The van der Waals surface area contributed by atoms with Gasteiger partial charge in [0.15, 0.2) is 12.4 Å². The SMILES string of the molecule is C[n+]1cccc(CI)c1.[I-]. The molecule has 0 saturated heterocycles. The predicted octanol–water partition coefficient (Wildman–Crippen LogP) is -1.55. The first kappa shape index (κ1) is 10.6. The van der Waals surface area contributed by atoms with Gasteiger partial charge in [-0.05, 0) is 6.07 Å². The highest BCUT2D eigenvalue weighted by molar-refractivity contribution is 14.1. The number of hydrogen-bond donors (Lipinski definition) is 0. The van der Waals surface area contributed by atoms with Crippen LogP contribution in [0.25, 0.3) is 0 Å². The van der Waals surface area contributed by atoms with E-state index in [1.165, 1.54) is 5.56 Å². The van der Waals surface area contributed by atoms with Crippen molar-refractivity contribution in [3.05, 3.63) is 30.1 Å². The third-order valence-corrected chi connectivity index (χ3v) is 2.04. The van der Waals surface area contributed by atoms with Crippen molar-refractivity contribution in [2.24, 2.45) is 7.05 Å². The molecule has 0 amide bonds. The molecule has 0 spiro atoms. The lowest BCUT2D eigenvalue weighted by Crippen LogP contribution is -3.00. The highest BCUT2D eigenvalue weighted by Gasteiger charge is 1.92. The molecule has 0 aliphatic heterocycles. The minimum absolute atomic E-state index is 0. The number of pyridine rings is 1. The molecule has 0 aliphatic rings. The first-order valence-corrected chi connectivity index (χ1v) is 4.35. The van der Waals surface area contributed by atoms with Crippen LogP contribution < -0.4 is 28.5 Å². The summed E-state index contributed by atoms with van der Waals surface area (Å²) in [7, 11) is 2.04. The average Bonchev–Trinajstić information content (AvgIpc) is 1.88. The summed E-state index contributed by atoms with van der Waals surface area (Å²) >= 11 is 2.36. The van der Waals surface area contributed by atoms with Gasteiger partial charge in [-0.1, -0.05) is 22.6 Å². The lowest BCUT2D eigenvalue weighted by molar-refractivity contribution is -0.671. The van der Waals surface area contributed by atoms with Crippen molar-refractivity contribution in [1.29, 1.82) is 0 Å². The maximum absolute atomic E-state index is 2.36. The fraction of sp³-hybridized carbons (Fsp3) is 0.286. The van der Waals surface area contributed by atoms with Gasteiger partial charge in [-0.2, -0.15) is 0 Å². The lowest BCUT2D eigenvalue weighted by Gasteiger charge is -1.89. The molecule has 1 aromatic heterocycles. The van der Waals surface area contributed by atoms with Crippen molar-refractivity contribution in [1.82, 2.24) is 0 Å². The molecule has 1 nitrogen and oxygen atoms in total. The Kier molecular flexibility index (Phi) is 5.61. The van der Waals surface area contributed by atoms with Gasteiger partial charge in [-0.25, -0.2) is 4.57 Å². The standard InChI is InChI=1S/C7H9IN.HI/c1-9-4-2-3-7(5-8)6-9;/h2-4,6H,5H2,1H3;1H/q+1;/p-1. The van der Waals surface area contributed by atoms with Crippen molar-refractivity contribution in [2.75, 3.05) is 0 Å². The summed E-state index contributed by atoms with van der Waals surface area (Å²) in [5.41, 5.74) is 1.38. The van der Waals surface area contributed by atoms with E-state index in [0.29, 0.717) is 0 Å². The Morgan fingerprint density at radius 2 is 2.30 bits per heavy atom. The maximum atomic E-state index is 2.36. The summed E-state index contributed by atoms with van der Waals surface area (Å²) in [6.07, 6.45) is 4.17. The third-order valence-electron chi connectivity index (χ3n) is 1.16. The minimum Gasteiger partial charge on any atom is -1.00 e. The van der Waals surface area contributed by atoms with Crippen LogP contribution in [0.2, 0.25) is 0 Å². The van der Waals surface area contributed by atoms with E-state index in [2.05, 4.69) is 45.5 Å². The van der Waals surface area contributed by atoms with E-state index in [9.17, 15) is 0 Å². The van der Waals surface area contributed by atoms with Crippen LogP contribution in [0.1, 0.15) is 5.56 Å². The van der Waals surface area contributed by atoms with Crippen LogP contribution in [-0.2, 0) is 11.5 Å². The monoisotopic (exact) mass is 361 g/mol. The van der Waals surface area contributed by atoms with Crippen LogP contribution in [0.5, 0.6) is 0 Å². The summed E-state index contributed by atoms with van der Waals surface area (Å²) < 4.78 is 3.15. The molecule has 0 fully saturated rings. The van der Waals surface area contributed by atoms with Crippen molar-refractivity contribution in [2.45, 2.75) is 4.43 Å². The van der Waals surface area contributed by atoms with Crippen molar-refractivity contribution >= 4 is 22.6 Å². The second kappa shape index (κ2) is 5.29. The molecule has 0 aliphatic carbocycles. The second-order valence-electron chi connectivity index (χ2n) is 2.01. The molecule has 56 valence electrons. The van der Waals surface area contributed by atoms with E-state index >= 15 is 0 Å². The number of aromatic nitrogens is 1. The van der Waals surface area contributed by atoms with Crippen LogP contribution in [-0.4, -0.2) is 0 Å². The Balaban J connectivity index is 0.000000810. The van der Waals surface area contributed by atoms with Gasteiger partial charge in [0.1, 0.15) is 7.05 Å². The lowest BCUT2D eigenvalue weighted by atomic mass is 10.3. The quantitative estimate of drug-likeness (QED) is 0.324. The van der Waals surface area contributed by atoms with E-state index < -0.39 is 0 Å². The highest BCUT2D eigenvalue weighted by atomic mass is 127. The number of rotatable bonds is 1. The molecule has 1 heterocycles. The second-order valence-corrected chi connectivity index (χ2v) is 2.77. The molecule has 0 unspecified atom stereocenters. The minimum atomic E-state index is 0. The zero-order valence-corrected chi connectivity index (χ0v) is 10.0. The fourth-order valence-corrected chi connectivity index (χ4v) is 1.18. The van der Waals surface area contributed by atoms with E-state index in [0.717, 1.165) is 4.43 Å². The molecule has 0 aromatic carbocycles. The van der Waals surface area contributed by atoms with Gasteiger partial charge < -0.3 is 24.0 Å². The van der Waals surface area contributed by atoms with E-state index in [-0.39, 0.29) is 24.0 Å². The zero-order valence-electron chi connectivity index (χ0n) is 5.72. The largest absolute Gasteiger partial charge is 1.00 e. The smallest absolute Gasteiger partial charge is 0.172 e. The van der Waals surface area contributed by atoms with Gasteiger partial charge in [0.05, 0.1) is 0 Å². The molecule has 1 aromatic rings. The normalized spacial score (nSPS) is 8.60. The first-order valence-electron chi connectivity index (χ1n) is 2.83. The van der Waals surface area contributed by atoms with Crippen LogP contribution in [0, 0.1) is 0 Å².